The fourth-order valence-corrected chi connectivity index (χ4v) is 5.83. The van der Waals surface area contributed by atoms with Crippen molar-refractivity contribution in [3.8, 4) is 0 Å². The van der Waals surface area contributed by atoms with Gasteiger partial charge in [0.25, 0.3) is 0 Å². The van der Waals surface area contributed by atoms with Gasteiger partial charge in [0.15, 0.2) is 0 Å². The first-order valence-corrected chi connectivity index (χ1v) is 14.8. The van der Waals surface area contributed by atoms with Crippen LogP contribution >= 0.6 is 0 Å². The molecule has 0 bridgehead atoms. The van der Waals surface area contributed by atoms with E-state index in [0.29, 0.717) is 0 Å². The van der Waals surface area contributed by atoms with E-state index in [1.54, 1.807) is 0 Å². The number of unbranched alkanes of at least 4 members (excludes halogenated alkanes) is 4. The molecule has 38 heavy (non-hydrogen) atoms. The van der Waals surface area contributed by atoms with E-state index in [1.165, 1.54) is 72.2 Å². The van der Waals surface area contributed by atoms with Crippen LogP contribution in [0, 0.1) is 0 Å². The molecule has 0 aliphatic rings. The second-order valence-corrected chi connectivity index (χ2v) is 12.0. The third-order valence-corrected chi connectivity index (χ3v) is 8.74. The van der Waals surface area contributed by atoms with Crippen molar-refractivity contribution >= 4 is 46.8 Å². The molecule has 194 valence electrons. The van der Waals surface area contributed by atoms with Gasteiger partial charge < -0.3 is 0 Å². The average Bonchev–Trinajstić information content (AvgIpc) is 2.93. The quantitative estimate of drug-likeness (QED) is 0.166. The molecule has 0 saturated carbocycles. The number of hydrogen-bond donors (Lipinski definition) is 0. The molecular formula is C34H46Li2N2. The molecule has 3 aromatic rings. The van der Waals surface area contributed by atoms with Crippen molar-refractivity contribution in [1.29, 1.82) is 0 Å². The van der Waals surface area contributed by atoms with Gasteiger partial charge in [-0.15, -0.1) is 0 Å². The van der Waals surface area contributed by atoms with E-state index in [2.05, 4.69) is 160 Å². The van der Waals surface area contributed by atoms with Gasteiger partial charge in [0, 0.05) is 0 Å². The van der Waals surface area contributed by atoms with Crippen molar-refractivity contribution in [3.05, 3.63) is 95.1 Å². The van der Waals surface area contributed by atoms with Gasteiger partial charge in [0.2, 0.25) is 0 Å². The van der Waals surface area contributed by atoms with Gasteiger partial charge in [0.1, 0.15) is 0 Å². The van der Waals surface area contributed by atoms with Crippen molar-refractivity contribution in [2.24, 2.45) is 0 Å². The van der Waals surface area contributed by atoms with Crippen LogP contribution in [-0.4, -0.2) is 63.6 Å². The molecular weight excluding hydrogens is 450 g/mol. The van der Waals surface area contributed by atoms with Crippen LogP contribution < -0.4 is 9.80 Å². The minimum atomic E-state index is -0.0187. The Morgan fingerprint density at radius 2 is 0.895 bits per heavy atom. The van der Waals surface area contributed by atoms with E-state index >= 15 is 0 Å². The molecule has 2 atom stereocenters. The molecule has 0 fully saturated rings. The molecule has 0 radical (unpaired) electrons. The maximum atomic E-state index is 2.54. The van der Waals surface area contributed by atoms with Crippen LogP contribution in [-0.2, 0) is 8.18 Å². The monoisotopic (exact) mass is 496 g/mol. The van der Waals surface area contributed by atoms with Crippen LogP contribution in [0.4, 0.5) is 11.4 Å². The van der Waals surface area contributed by atoms with Crippen LogP contribution in [0.2, 0.25) is 0 Å². The van der Waals surface area contributed by atoms with Gasteiger partial charge in [0.05, 0.1) is 0 Å². The zero-order chi connectivity index (χ0) is 27.8. The summed E-state index contributed by atoms with van der Waals surface area (Å²) in [6.07, 6.45) is 9.85. The van der Waals surface area contributed by atoms with Crippen LogP contribution in [0.15, 0.2) is 72.8 Å². The molecule has 0 aromatic heterocycles. The zero-order valence-electron chi connectivity index (χ0n) is 25.5. The molecule has 2 nitrogen and oxygen atoms in total. The first-order chi connectivity index (χ1) is 18.2. The van der Waals surface area contributed by atoms with Crippen LogP contribution in [0.1, 0.15) is 87.5 Å². The SMILES string of the molecule is [Li][C](CCCCC)(c1ccc(N(C)C)cc1)c1cccc([C]([Li])(CCCCC)c2ccc(N(C)C)cc2)c1. The first kappa shape index (κ1) is 31.0. The summed E-state index contributed by atoms with van der Waals surface area (Å²) in [6, 6.07) is 28.1. The summed E-state index contributed by atoms with van der Waals surface area (Å²) in [5.74, 6) is 0. The zero-order valence-corrected chi connectivity index (χ0v) is 25.5. The van der Waals surface area contributed by atoms with Crippen molar-refractivity contribution in [3.63, 3.8) is 0 Å². The summed E-state index contributed by atoms with van der Waals surface area (Å²) in [5.41, 5.74) is 8.22. The normalized spacial score (nSPS) is 14.6. The molecule has 0 N–H and O–H groups in total. The third-order valence-electron chi connectivity index (χ3n) is 8.74. The van der Waals surface area contributed by atoms with Gasteiger partial charge in [-0.2, -0.15) is 0 Å². The summed E-state index contributed by atoms with van der Waals surface area (Å²) in [7, 11) is 8.46. The number of rotatable bonds is 14. The van der Waals surface area contributed by atoms with Gasteiger partial charge in [-0.3, -0.25) is 0 Å². The van der Waals surface area contributed by atoms with Gasteiger partial charge >= 0.3 is 253 Å². The Bertz CT molecular complexity index is 1040. The van der Waals surface area contributed by atoms with Crippen molar-refractivity contribution in [1.82, 2.24) is 0 Å². The number of anilines is 2. The summed E-state index contributed by atoms with van der Waals surface area (Å²) in [6.45, 7) is 4.60. The molecule has 0 aliphatic heterocycles. The van der Waals surface area contributed by atoms with Crippen LogP contribution in [0.25, 0.3) is 0 Å². The number of benzene rings is 3. The molecule has 0 amide bonds. The van der Waals surface area contributed by atoms with E-state index < -0.39 is 0 Å². The van der Waals surface area contributed by atoms with E-state index in [-0.39, 0.29) is 8.18 Å². The minimum absolute atomic E-state index is 0.0187. The number of nitrogens with zero attached hydrogens (tertiary/aromatic N) is 2. The Morgan fingerprint density at radius 3 is 1.21 bits per heavy atom. The van der Waals surface area contributed by atoms with Crippen molar-refractivity contribution < 1.29 is 0 Å². The second-order valence-electron chi connectivity index (χ2n) is 12.0. The Hall–Kier alpha value is -1.55. The third kappa shape index (κ3) is 7.35. The van der Waals surface area contributed by atoms with Gasteiger partial charge in [-0.25, -0.2) is 0 Å². The fourth-order valence-electron chi connectivity index (χ4n) is 5.83. The van der Waals surface area contributed by atoms with E-state index in [0.717, 1.165) is 12.8 Å². The molecule has 0 aliphatic carbocycles. The first-order valence-electron chi connectivity index (χ1n) is 14.8. The van der Waals surface area contributed by atoms with Crippen LogP contribution in [0.5, 0.6) is 0 Å². The average molecular weight is 497 g/mol. The predicted molar refractivity (Wildman–Crippen MR) is 169 cm³/mol. The van der Waals surface area contributed by atoms with E-state index in [9.17, 15) is 0 Å². The topological polar surface area (TPSA) is 6.48 Å². The molecule has 0 heterocycles. The van der Waals surface area contributed by atoms with Gasteiger partial charge in [-0.05, 0) is 0 Å². The Labute approximate surface area is 252 Å². The van der Waals surface area contributed by atoms with E-state index in [4.69, 9.17) is 0 Å². The maximum absolute atomic E-state index is 2.54. The summed E-state index contributed by atoms with van der Waals surface area (Å²) < 4.78 is -0.0374. The molecule has 3 rings (SSSR count). The predicted octanol–water partition coefficient (Wildman–Crippen LogP) is 7.80. The second kappa shape index (κ2) is 14.2. The molecule has 3 aromatic carbocycles. The summed E-state index contributed by atoms with van der Waals surface area (Å²) in [4.78, 5) is 4.37. The molecule has 2 unspecified atom stereocenters. The molecule has 0 saturated heterocycles. The molecule has 0 spiro atoms. The number of hydrogen-bond acceptors (Lipinski definition) is 2. The molecule has 4 heteroatoms. The fraction of sp³-hybridized carbons (Fsp3) is 0.471. The Morgan fingerprint density at radius 1 is 0.526 bits per heavy atom. The summed E-state index contributed by atoms with van der Waals surface area (Å²) >= 11 is 4.93. The van der Waals surface area contributed by atoms with Crippen molar-refractivity contribution in [2.75, 3.05) is 38.0 Å². The van der Waals surface area contributed by atoms with Crippen molar-refractivity contribution in [2.45, 2.75) is 73.4 Å². The van der Waals surface area contributed by atoms with Crippen LogP contribution in [0.3, 0.4) is 0 Å². The standard InChI is InChI=1S/C34H46N2.2Li/c1-7-9-11-16-33(27-18-22-31(23-19-27)35(3)4)29-14-13-15-30(26-29)34(17-12-10-8-2)28-20-24-32(25-21-28)36(5)6;;/h13-15,18-26H,7-12,16-17H2,1-6H3;;. The Balaban J connectivity index is 2.09. The van der Waals surface area contributed by atoms with Gasteiger partial charge in [-0.1, -0.05) is 0 Å². The summed E-state index contributed by atoms with van der Waals surface area (Å²) in [5, 5.41) is 0. The van der Waals surface area contributed by atoms with E-state index in [1.807, 2.05) is 0 Å². The Kier molecular flexibility index (Phi) is 11.6.